The summed E-state index contributed by atoms with van der Waals surface area (Å²) in [6.07, 6.45) is -0.323. The largest absolute Gasteiger partial charge is 0.392 e. The molecule has 0 bridgehead atoms. The van der Waals surface area contributed by atoms with Crippen LogP contribution in [0.5, 0.6) is 0 Å². The number of benzene rings is 1. The SMILES string of the molecule is Cc1cc(N(C)CC(C)O)ccc1Cl. The first kappa shape index (κ1) is 11.3. The fourth-order valence-corrected chi connectivity index (χ4v) is 1.49. The molecule has 1 aromatic carbocycles. The summed E-state index contributed by atoms with van der Waals surface area (Å²) in [5, 5.41) is 10.0. The van der Waals surface area contributed by atoms with E-state index in [0.29, 0.717) is 6.54 Å². The van der Waals surface area contributed by atoms with Crippen LogP contribution in [0.4, 0.5) is 5.69 Å². The van der Waals surface area contributed by atoms with E-state index < -0.39 is 0 Å². The lowest BCUT2D eigenvalue weighted by molar-refractivity contribution is 0.201. The molecule has 0 aliphatic heterocycles. The van der Waals surface area contributed by atoms with Gasteiger partial charge in [-0.25, -0.2) is 0 Å². The van der Waals surface area contributed by atoms with Crippen molar-refractivity contribution < 1.29 is 5.11 Å². The second kappa shape index (κ2) is 4.67. The summed E-state index contributed by atoms with van der Waals surface area (Å²) in [5.74, 6) is 0. The van der Waals surface area contributed by atoms with Crippen molar-refractivity contribution in [3.8, 4) is 0 Å². The average Bonchev–Trinajstić information content (AvgIpc) is 2.08. The average molecular weight is 214 g/mol. The quantitative estimate of drug-likeness (QED) is 0.834. The Morgan fingerprint density at radius 1 is 1.50 bits per heavy atom. The van der Waals surface area contributed by atoms with Crippen molar-refractivity contribution in [3.63, 3.8) is 0 Å². The Morgan fingerprint density at radius 2 is 2.14 bits per heavy atom. The second-order valence-corrected chi connectivity index (χ2v) is 4.07. The fourth-order valence-electron chi connectivity index (χ4n) is 1.37. The highest BCUT2D eigenvalue weighted by molar-refractivity contribution is 6.31. The number of aryl methyl sites for hydroxylation is 1. The number of nitrogens with zero attached hydrogens (tertiary/aromatic N) is 1. The molecule has 0 saturated heterocycles. The molecule has 0 spiro atoms. The number of anilines is 1. The molecule has 78 valence electrons. The van der Waals surface area contributed by atoms with Gasteiger partial charge in [0.2, 0.25) is 0 Å². The minimum absolute atomic E-state index is 0.323. The van der Waals surface area contributed by atoms with Crippen molar-refractivity contribution in [1.82, 2.24) is 0 Å². The van der Waals surface area contributed by atoms with Gasteiger partial charge in [0.25, 0.3) is 0 Å². The third-order valence-electron chi connectivity index (χ3n) is 2.12. The summed E-state index contributed by atoms with van der Waals surface area (Å²) in [6, 6.07) is 5.85. The van der Waals surface area contributed by atoms with Gasteiger partial charge in [0.05, 0.1) is 6.10 Å². The first-order valence-electron chi connectivity index (χ1n) is 4.66. The molecule has 0 amide bonds. The topological polar surface area (TPSA) is 23.5 Å². The highest BCUT2D eigenvalue weighted by atomic mass is 35.5. The van der Waals surface area contributed by atoms with E-state index in [1.807, 2.05) is 37.1 Å². The van der Waals surface area contributed by atoms with E-state index >= 15 is 0 Å². The zero-order valence-electron chi connectivity index (χ0n) is 8.79. The molecule has 0 heterocycles. The predicted molar refractivity (Wildman–Crippen MR) is 61.1 cm³/mol. The van der Waals surface area contributed by atoms with Crippen molar-refractivity contribution in [2.24, 2.45) is 0 Å². The van der Waals surface area contributed by atoms with Gasteiger partial charge in [0.1, 0.15) is 0 Å². The van der Waals surface area contributed by atoms with Crippen molar-refractivity contribution >= 4 is 17.3 Å². The Kier molecular flexibility index (Phi) is 3.78. The summed E-state index contributed by atoms with van der Waals surface area (Å²) in [4.78, 5) is 2.01. The summed E-state index contributed by atoms with van der Waals surface area (Å²) in [5.41, 5.74) is 2.13. The molecular weight excluding hydrogens is 198 g/mol. The molecule has 3 heteroatoms. The van der Waals surface area contributed by atoms with Crippen LogP contribution in [0.15, 0.2) is 18.2 Å². The minimum Gasteiger partial charge on any atom is -0.392 e. The monoisotopic (exact) mass is 213 g/mol. The Bertz CT molecular complexity index is 312. The molecule has 0 aliphatic carbocycles. The van der Waals surface area contributed by atoms with Crippen LogP contribution in [0.25, 0.3) is 0 Å². The zero-order chi connectivity index (χ0) is 10.7. The van der Waals surface area contributed by atoms with Gasteiger partial charge in [-0.3, -0.25) is 0 Å². The molecule has 14 heavy (non-hydrogen) atoms. The van der Waals surface area contributed by atoms with Crippen molar-refractivity contribution in [3.05, 3.63) is 28.8 Å². The smallest absolute Gasteiger partial charge is 0.0686 e. The lowest BCUT2D eigenvalue weighted by Crippen LogP contribution is -2.26. The van der Waals surface area contributed by atoms with Crippen LogP contribution in [-0.4, -0.2) is 24.8 Å². The molecule has 1 unspecified atom stereocenters. The highest BCUT2D eigenvalue weighted by Gasteiger charge is 2.05. The van der Waals surface area contributed by atoms with E-state index in [4.69, 9.17) is 11.6 Å². The molecule has 0 saturated carbocycles. The first-order chi connectivity index (χ1) is 6.50. The van der Waals surface area contributed by atoms with Gasteiger partial charge in [0, 0.05) is 24.3 Å². The van der Waals surface area contributed by atoms with Crippen LogP contribution in [-0.2, 0) is 0 Å². The normalized spacial score (nSPS) is 12.6. The van der Waals surface area contributed by atoms with Crippen molar-refractivity contribution in [2.75, 3.05) is 18.5 Å². The van der Waals surface area contributed by atoms with E-state index in [-0.39, 0.29) is 6.10 Å². The number of aliphatic hydroxyl groups is 1. The molecular formula is C11H16ClNO. The number of rotatable bonds is 3. The Balaban J connectivity index is 2.80. The van der Waals surface area contributed by atoms with Gasteiger partial charge >= 0.3 is 0 Å². The lowest BCUT2D eigenvalue weighted by atomic mass is 10.2. The maximum atomic E-state index is 9.24. The van der Waals surface area contributed by atoms with Crippen LogP contribution < -0.4 is 4.90 Å². The van der Waals surface area contributed by atoms with Gasteiger partial charge in [0.15, 0.2) is 0 Å². The maximum Gasteiger partial charge on any atom is 0.0686 e. The molecule has 1 N–H and O–H groups in total. The number of likely N-dealkylation sites (N-methyl/N-ethyl adjacent to an activating group) is 1. The fraction of sp³-hybridized carbons (Fsp3) is 0.455. The minimum atomic E-state index is -0.323. The molecule has 1 atom stereocenters. The van der Waals surface area contributed by atoms with Crippen LogP contribution in [0.3, 0.4) is 0 Å². The van der Waals surface area contributed by atoms with E-state index in [9.17, 15) is 5.11 Å². The lowest BCUT2D eigenvalue weighted by Gasteiger charge is -2.21. The van der Waals surface area contributed by atoms with Crippen LogP contribution >= 0.6 is 11.6 Å². The third-order valence-corrected chi connectivity index (χ3v) is 2.54. The van der Waals surface area contributed by atoms with E-state index in [1.165, 1.54) is 0 Å². The van der Waals surface area contributed by atoms with E-state index in [0.717, 1.165) is 16.3 Å². The molecule has 0 fully saturated rings. The number of hydrogen-bond donors (Lipinski definition) is 1. The number of halogens is 1. The molecule has 2 nitrogen and oxygen atoms in total. The Hall–Kier alpha value is -0.730. The van der Waals surface area contributed by atoms with Crippen LogP contribution in [0, 0.1) is 6.92 Å². The van der Waals surface area contributed by atoms with Crippen molar-refractivity contribution in [2.45, 2.75) is 20.0 Å². The Morgan fingerprint density at radius 3 is 2.64 bits per heavy atom. The summed E-state index contributed by atoms with van der Waals surface area (Å²) >= 11 is 5.92. The van der Waals surface area contributed by atoms with Gasteiger partial charge < -0.3 is 10.0 Å². The summed E-state index contributed by atoms with van der Waals surface area (Å²) in [7, 11) is 1.95. The number of aliphatic hydroxyl groups excluding tert-OH is 1. The second-order valence-electron chi connectivity index (χ2n) is 3.66. The molecule has 1 aromatic rings. The van der Waals surface area contributed by atoms with Crippen molar-refractivity contribution in [1.29, 1.82) is 0 Å². The summed E-state index contributed by atoms with van der Waals surface area (Å²) < 4.78 is 0. The summed E-state index contributed by atoms with van der Waals surface area (Å²) in [6.45, 7) is 4.38. The first-order valence-corrected chi connectivity index (χ1v) is 5.04. The predicted octanol–water partition coefficient (Wildman–Crippen LogP) is 2.47. The van der Waals surface area contributed by atoms with E-state index in [2.05, 4.69) is 0 Å². The molecule has 0 aliphatic rings. The Labute approximate surface area is 90.1 Å². The third kappa shape index (κ3) is 2.89. The molecule has 0 aromatic heterocycles. The van der Waals surface area contributed by atoms with Crippen LogP contribution in [0.2, 0.25) is 5.02 Å². The van der Waals surface area contributed by atoms with Gasteiger partial charge in [-0.15, -0.1) is 0 Å². The highest BCUT2D eigenvalue weighted by Crippen LogP contribution is 2.21. The van der Waals surface area contributed by atoms with Gasteiger partial charge in [-0.05, 0) is 37.6 Å². The number of hydrogen-bond acceptors (Lipinski definition) is 2. The van der Waals surface area contributed by atoms with Crippen LogP contribution in [0.1, 0.15) is 12.5 Å². The maximum absolute atomic E-state index is 9.24. The van der Waals surface area contributed by atoms with Gasteiger partial charge in [-0.2, -0.15) is 0 Å². The van der Waals surface area contributed by atoms with E-state index in [1.54, 1.807) is 6.92 Å². The molecule has 1 rings (SSSR count). The molecule has 0 radical (unpaired) electrons. The zero-order valence-corrected chi connectivity index (χ0v) is 9.54. The standard InChI is InChI=1S/C11H16ClNO/c1-8-6-10(4-5-11(8)12)13(3)7-9(2)14/h4-6,9,14H,7H2,1-3H3. The van der Waals surface area contributed by atoms with Gasteiger partial charge in [-0.1, -0.05) is 11.6 Å².